The van der Waals surface area contributed by atoms with Crippen LogP contribution in [0.15, 0.2) is 48.5 Å². The Bertz CT molecular complexity index is 1390. The molecule has 0 amide bonds. The summed E-state index contributed by atoms with van der Waals surface area (Å²) in [5.41, 5.74) is 3.80. The van der Waals surface area contributed by atoms with Gasteiger partial charge in [-0.15, -0.1) is 0 Å². The summed E-state index contributed by atoms with van der Waals surface area (Å²) < 4.78 is 95.1. The van der Waals surface area contributed by atoms with Crippen LogP contribution in [-0.4, -0.2) is 14.2 Å². The molecule has 8 heteroatoms. The first-order valence-electron chi connectivity index (χ1n) is 11.4. The Morgan fingerprint density at radius 3 is 1.22 bits per heavy atom. The lowest BCUT2D eigenvalue weighted by Gasteiger charge is -2.21. The first-order valence-corrected chi connectivity index (χ1v) is 11.4. The molecule has 2 nitrogen and oxygen atoms in total. The van der Waals surface area contributed by atoms with E-state index in [-0.39, 0.29) is 11.1 Å². The van der Waals surface area contributed by atoms with Crippen LogP contribution in [0.4, 0.5) is 26.3 Å². The van der Waals surface area contributed by atoms with E-state index in [0.29, 0.717) is 64.1 Å². The van der Waals surface area contributed by atoms with E-state index < -0.39 is 34.9 Å². The van der Waals surface area contributed by atoms with E-state index in [1.54, 1.807) is 24.3 Å². The Morgan fingerprint density at radius 2 is 0.892 bits per heavy atom. The van der Waals surface area contributed by atoms with Gasteiger partial charge in [-0.2, -0.15) is 0 Å². The fraction of sp³-hybridized carbons (Fsp3) is 0.172. The Labute approximate surface area is 209 Å². The lowest BCUT2D eigenvalue weighted by atomic mass is 9.86. The number of methoxy groups -OCH3 is 2. The Morgan fingerprint density at radius 1 is 0.541 bits per heavy atom. The molecule has 1 aliphatic rings. The number of halogens is 6. The summed E-state index contributed by atoms with van der Waals surface area (Å²) in [6.45, 7) is 0. The smallest absolute Gasteiger partial charge is 0.194 e. The minimum atomic E-state index is -1.56. The fourth-order valence-electron chi connectivity index (χ4n) is 5.07. The van der Waals surface area contributed by atoms with Crippen LogP contribution in [0.2, 0.25) is 0 Å². The molecular formula is C29H20F6O2. The third-order valence-corrected chi connectivity index (χ3v) is 6.68. The minimum absolute atomic E-state index is 0.150. The molecule has 4 aromatic carbocycles. The minimum Gasteiger partial charge on any atom is -0.496 e. The van der Waals surface area contributed by atoms with E-state index in [2.05, 4.69) is 0 Å². The highest BCUT2D eigenvalue weighted by molar-refractivity contribution is 5.91. The predicted molar refractivity (Wildman–Crippen MR) is 128 cm³/mol. The highest BCUT2D eigenvalue weighted by Gasteiger charge is 2.28. The van der Waals surface area contributed by atoms with Crippen molar-refractivity contribution in [2.75, 3.05) is 14.2 Å². The van der Waals surface area contributed by atoms with Crippen molar-refractivity contribution in [3.05, 3.63) is 94.6 Å². The second-order valence-corrected chi connectivity index (χ2v) is 8.70. The quantitative estimate of drug-likeness (QED) is 0.203. The summed E-state index contributed by atoms with van der Waals surface area (Å²) in [4.78, 5) is 0. The van der Waals surface area contributed by atoms with Crippen LogP contribution in [0.3, 0.4) is 0 Å². The summed E-state index contributed by atoms with van der Waals surface area (Å²) in [5, 5.41) is 0. The molecule has 0 aromatic heterocycles. The molecular weight excluding hydrogens is 494 g/mol. The van der Waals surface area contributed by atoms with Crippen LogP contribution in [0, 0.1) is 34.9 Å². The van der Waals surface area contributed by atoms with Crippen LogP contribution >= 0.6 is 0 Å². The average Bonchev–Trinajstić information content (AvgIpc) is 3.09. The monoisotopic (exact) mass is 514 g/mol. The Kier molecular flexibility index (Phi) is 6.35. The van der Waals surface area contributed by atoms with Gasteiger partial charge in [-0.3, -0.25) is 0 Å². The average molecular weight is 514 g/mol. The molecule has 0 N–H and O–H groups in total. The molecule has 5 rings (SSSR count). The fourth-order valence-corrected chi connectivity index (χ4v) is 5.07. The highest BCUT2D eigenvalue weighted by Crippen LogP contribution is 2.49. The van der Waals surface area contributed by atoms with Crippen molar-refractivity contribution in [2.45, 2.75) is 19.3 Å². The number of rotatable bonds is 4. The predicted octanol–water partition coefficient (Wildman–Crippen LogP) is 8.03. The van der Waals surface area contributed by atoms with Gasteiger partial charge < -0.3 is 9.47 Å². The molecule has 0 saturated carbocycles. The molecule has 0 atom stereocenters. The zero-order valence-electron chi connectivity index (χ0n) is 19.8. The summed E-state index contributed by atoms with van der Waals surface area (Å²) in [6, 6.07) is 10.3. The van der Waals surface area contributed by atoms with Crippen molar-refractivity contribution in [3.63, 3.8) is 0 Å². The summed E-state index contributed by atoms with van der Waals surface area (Å²) >= 11 is 0. The van der Waals surface area contributed by atoms with Gasteiger partial charge in [0.1, 0.15) is 11.5 Å². The summed E-state index contributed by atoms with van der Waals surface area (Å²) in [5.74, 6) is -7.48. The summed E-state index contributed by atoms with van der Waals surface area (Å²) in [6.07, 6.45) is 1.45. The van der Waals surface area contributed by atoms with Gasteiger partial charge in [0.25, 0.3) is 0 Å². The van der Waals surface area contributed by atoms with E-state index in [1.165, 1.54) is 14.2 Å². The van der Waals surface area contributed by atoms with Gasteiger partial charge in [-0.25, -0.2) is 26.3 Å². The van der Waals surface area contributed by atoms with Crippen molar-refractivity contribution in [2.24, 2.45) is 0 Å². The number of benzene rings is 4. The molecule has 0 unspecified atom stereocenters. The van der Waals surface area contributed by atoms with Crippen LogP contribution < -0.4 is 9.47 Å². The van der Waals surface area contributed by atoms with Crippen molar-refractivity contribution >= 4 is 0 Å². The molecule has 4 aromatic rings. The van der Waals surface area contributed by atoms with Crippen LogP contribution in [0.25, 0.3) is 33.4 Å². The molecule has 0 saturated heterocycles. The molecule has 0 bridgehead atoms. The normalized spacial score (nSPS) is 12.5. The SMILES string of the molecule is COc1ccc(-c2cc(F)c(F)c(F)c2)c2c1-c1c(OC)ccc(-c3cc(F)c(F)c(F)c3)c1CCC2. The zero-order chi connectivity index (χ0) is 26.4. The maximum Gasteiger partial charge on any atom is 0.194 e. The van der Waals surface area contributed by atoms with Gasteiger partial charge in [0, 0.05) is 11.1 Å². The Hall–Kier alpha value is -3.94. The van der Waals surface area contributed by atoms with E-state index in [4.69, 9.17) is 9.47 Å². The van der Waals surface area contributed by atoms with E-state index in [0.717, 1.165) is 24.3 Å². The first-order chi connectivity index (χ1) is 17.7. The van der Waals surface area contributed by atoms with Crippen molar-refractivity contribution in [1.82, 2.24) is 0 Å². The van der Waals surface area contributed by atoms with Crippen molar-refractivity contribution in [3.8, 4) is 44.9 Å². The number of hydrogen-bond donors (Lipinski definition) is 0. The molecule has 0 spiro atoms. The molecule has 190 valence electrons. The van der Waals surface area contributed by atoms with Gasteiger partial charge in [-0.05, 0) is 89.0 Å². The zero-order valence-corrected chi connectivity index (χ0v) is 19.8. The third-order valence-electron chi connectivity index (χ3n) is 6.68. The van der Waals surface area contributed by atoms with E-state index in [9.17, 15) is 26.3 Å². The second kappa shape index (κ2) is 9.50. The second-order valence-electron chi connectivity index (χ2n) is 8.70. The molecule has 0 heterocycles. The highest BCUT2D eigenvalue weighted by atomic mass is 19.2. The molecule has 0 radical (unpaired) electrons. The van der Waals surface area contributed by atoms with Gasteiger partial charge in [0.15, 0.2) is 34.9 Å². The number of hydrogen-bond acceptors (Lipinski definition) is 2. The standard InChI is InChI=1S/C29H20F6O2/c1-36-24-8-6-16(14-10-20(30)28(34)21(31)11-14)18-4-3-5-19-17(7-9-25(37-2)27(19)26(18)24)15-12-22(32)29(35)23(33)13-15/h6-13H,3-5H2,1-2H3. The van der Waals surface area contributed by atoms with Crippen molar-refractivity contribution < 1.29 is 35.8 Å². The van der Waals surface area contributed by atoms with E-state index in [1.807, 2.05) is 0 Å². The van der Waals surface area contributed by atoms with Gasteiger partial charge in [-0.1, -0.05) is 12.1 Å². The van der Waals surface area contributed by atoms with Crippen LogP contribution in [0.1, 0.15) is 17.5 Å². The molecule has 37 heavy (non-hydrogen) atoms. The largest absolute Gasteiger partial charge is 0.496 e. The molecule has 0 aliphatic heterocycles. The van der Waals surface area contributed by atoms with Gasteiger partial charge in [0.05, 0.1) is 14.2 Å². The van der Waals surface area contributed by atoms with Crippen LogP contribution in [0.5, 0.6) is 11.5 Å². The maximum atomic E-state index is 14.1. The van der Waals surface area contributed by atoms with Crippen LogP contribution in [-0.2, 0) is 12.8 Å². The number of ether oxygens (including phenoxy) is 2. The van der Waals surface area contributed by atoms with Gasteiger partial charge >= 0.3 is 0 Å². The third kappa shape index (κ3) is 4.10. The molecule has 1 aliphatic carbocycles. The van der Waals surface area contributed by atoms with E-state index >= 15 is 0 Å². The lowest BCUT2D eigenvalue weighted by molar-refractivity contribution is 0.410. The summed E-state index contributed by atoms with van der Waals surface area (Å²) in [7, 11) is 2.94. The number of fused-ring (bicyclic) bond motifs is 3. The first kappa shape index (κ1) is 24.7. The maximum absolute atomic E-state index is 14.1. The molecule has 0 fully saturated rings. The van der Waals surface area contributed by atoms with Gasteiger partial charge in [0.2, 0.25) is 0 Å². The lowest BCUT2D eigenvalue weighted by Crippen LogP contribution is -2.01. The topological polar surface area (TPSA) is 18.5 Å². The van der Waals surface area contributed by atoms with Crippen molar-refractivity contribution in [1.29, 1.82) is 0 Å². The Balaban J connectivity index is 1.83.